The third-order valence-electron chi connectivity index (χ3n) is 6.46. The molecule has 9 nitrogen and oxygen atoms in total. The second-order valence-electron chi connectivity index (χ2n) is 9.23. The van der Waals surface area contributed by atoms with Gasteiger partial charge in [-0.3, -0.25) is 0 Å². The van der Waals surface area contributed by atoms with Gasteiger partial charge in [0.05, 0.1) is 29.4 Å². The Bertz CT molecular complexity index is 1930. The lowest BCUT2D eigenvalue weighted by atomic mass is 10.1. The van der Waals surface area contributed by atoms with Crippen LogP contribution >= 0.6 is 0 Å². The van der Waals surface area contributed by atoms with E-state index in [-0.39, 0.29) is 0 Å². The number of aryl methyl sites for hydroxylation is 4. The molecule has 0 amide bonds. The van der Waals surface area contributed by atoms with Crippen molar-refractivity contribution in [3.63, 3.8) is 0 Å². The fourth-order valence-electron chi connectivity index (χ4n) is 4.94. The van der Waals surface area contributed by atoms with Crippen LogP contribution in [0.5, 0.6) is 0 Å². The Kier molecular flexibility index (Phi) is 5.55. The SMILES string of the molecule is [C-]#[N+]c1ccc2c3ccc(C#N)cc3n(-c3ccc(-c4nc(C)nc(C)n4)cc3-c3nc(C)nc(C)n3)c2c1. The summed E-state index contributed by atoms with van der Waals surface area (Å²) in [7, 11) is 0. The van der Waals surface area contributed by atoms with Crippen LogP contribution in [0.1, 0.15) is 28.9 Å². The Balaban J connectivity index is 1.74. The van der Waals surface area contributed by atoms with Gasteiger partial charge < -0.3 is 4.57 Å². The van der Waals surface area contributed by atoms with Crippen molar-refractivity contribution in [3.8, 4) is 34.5 Å². The molecule has 0 fully saturated rings. The summed E-state index contributed by atoms with van der Waals surface area (Å²) in [4.78, 5) is 30.8. The molecule has 0 unspecified atom stereocenters. The van der Waals surface area contributed by atoms with Crippen LogP contribution in [-0.2, 0) is 0 Å². The van der Waals surface area contributed by atoms with Crippen molar-refractivity contribution < 1.29 is 0 Å². The first-order chi connectivity index (χ1) is 18.8. The molecule has 0 saturated heterocycles. The normalized spacial score (nSPS) is 11.0. The third kappa shape index (κ3) is 4.12. The van der Waals surface area contributed by atoms with Gasteiger partial charge in [0, 0.05) is 27.4 Å². The van der Waals surface area contributed by atoms with Gasteiger partial charge in [-0.1, -0.05) is 18.2 Å². The zero-order valence-electron chi connectivity index (χ0n) is 21.7. The molecule has 0 bridgehead atoms. The van der Waals surface area contributed by atoms with Gasteiger partial charge in [0.25, 0.3) is 0 Å². The summed E-state index contributed by atoms with van der Waals surface area (Å²) in [5.41, 5.74) is 5.07. The highest BCUT2D eigenvalue weighted by atomic mass is 15.1. The molecule has 6 aromatic rings. The minimum Gasteiger partial charge on any atom is -0.310 e. The number of benzene rings is 3. The molecule has 9 heteroatoms. The molecule has 3 aromatic heterocycles. The largest absolute Gasteiger partial charge is 0.310 e. The quantitative estimate of drug-likeness (QED) is 0.264. The molecular formula is C30H21N9. The number of hydrogen-bond acceptors (Lipinski definition) is 7. The van der Waals surface area contributed by atoms with Crippen molar-refractivity contribution in [1.29, 1.82) is 5.26 Å². The van der Waals surface area contributed by atoms with Crippen molar-refractivity contribution in [1.82, 2.24) is 34.5 Å². The van der Waals surface area contributed by atoms with Crippen LogP contribution in [0.2, 0.25) is 0 Å². The Morgan fingerprint density at radius 2 is 1.28 bits per heavy atom. The van der Waals surface area contributed by atoms with Gasteiger partial charge in [-0.2, -0.15) is 5.26 Å². The average molecular weight is 508 g/mol. The minimum atomic E-state index is 0.507. The maximum absolute atomic E-state index is 9.67. The van der Waals surface area contributed by atoms with E-state index in [1.807, 2.05) is 82.3 Å². The van der Waals surface area contributed by atoms with Crippen LogP contribution in [0.3, 0.4) is 0 Å². The Hall–Kier alpha value is -5.54. The van der Waals surface area contributed by atoms with E-state index < -0.39 is 0 Å². The molecule has 0 aliphatic carbocycles. The van der Waals surface area contributed by atoms with Gasteiger partial charge in [-0.05, 0) is 64.1 Å². The van der Waals surface area contributed by atoms with Gasteiger partial charge in [0.2, 0.25) is 0 Å². The molecule has 0 aliphatic heterocycles. The van der Waals surface area contributed by atoms with E-state index in [1.54, 1.807) is 0 Å². The van der Waals surface area contributed by atoms with E-state index in [0.29, 0.717) is 46.2 Å². The maximum Gasteiger partial charge on any atom is 0.189 e. The zero-order chi connectivity index (χ0) is 27.3. The van der Waals surface area contributed by atoms with Crippen molar-refractivity contribution >= 4 is 27.5 Å². The molecule has 0 aliphatic rings. The highest BCUT2D eigenvalue weighted by Gasteiger charge is 2.20. The van der Waals surface area contributed by atoms with Crippen LogP contribution in [0.4, 0.5) is 5.69 Å². The van der Waals surface area contributed by atoms with Gasteiger partial charge in [-0.15, -0.1) is 0 Å². The summed E-state index contributed by atoms with van der Waals surface area (Å²) in [6, 6.07) is 19.4. The summed E-state index contributed by atoms with van der Waals surface area (Å²) in [5, 5.41) is 11.6. The van der Waals surface area contributed by atoms with Gasteiger partial charge in [0.15, 0.2) is 17.3 Å². The van der Waals surface area contributed by atoms with Crippen molar-refractivity contribution in [2.75, 3.05) is 0 Å². The van der Waals surface area contributed by atoms with Crippen molar-refractivity contribution in [3.05, 3.63) is 94.9 Å². The Labute approximate surface area is 224 Å². The predicted octanol–water partition coefficient (Wildman–Crippen LogP) is 6.14. The zero-order valence-corrected chi connectivity index (χ0v) is 21.7. The second kappa shape index (κ2) is 9.09. The first kappa shape index (κ1) is 23.8. The molecule has 0 saturated carbocycles. The number of rotatable bonds is 3. The smallest absolute Gasteiger partial charge is 0.189 e. The van der Waals surface area contributed by atoms with Gasteiger partial charge >= 0.3 is 0 Å². The first-order valence-electron chi connectivity index (χ1n) is 12.2. The molecule has 0 radical (unpaired) electrons. The number of nitriles is 1. The lowest BCUT2D eigenvalue weighted by Gasteiger charge is -2.15. The third-order valence-corrected chi connectivity index (χ3v) is 6.46. The van der Waals surface area contributed by atoms with Crippen LogP contribution < -0.4 is 0 Å². The second-order valence-corrected chi connectivity index (χ2v) is 9.23. The van der Waals surface area contributed by atoms with Gasteiger partial charge in [0.1, 0.15) is 23.3 Å². The Morgan fingerprint density at radius 1 is 0.692 bits per heavy atom. The fourth-order valence-corrected chi connectivity index (χ4v) is 4.94. The highest BCUT2D eigenvalue weighted by Crippen LogP contribution is 2.38. The molecule has 3 heterocycles. The fraction of sp³-hybridized carbons (Fsp3) is 0.133. The number of aromatic nitrogens is 7. The highest BCUT2D eigenvalue weighted by molar-refractivity contribution is 6.10. The lowest BCUT2D eigenvalue weighted by molar-refractivity contribution is 0.924. The topological polar surface area (TPSA) is 110 Å². The maximum atomic E-state index is 9.67. The van der Waals surface area contributed by atoms with Crippen LogP contribution in [-0.4, -0.2) is 34.5 Å². The van der Waals surface area contributed by atoms with E-state index in [0.717, 1.165) is 38.6 Å². The van der Waals surface area contributed by atoms with Crippen molar-refractivity contribution in [2.45, 2.75) is 27.7 Å². The molecule has 0 spiro atoms. The lowest BCUT2D eigenvalue weighted by Crippen LogP contribution is -2.04. The summed E-state index contributed by atoms with van der Waals surface area (Å²) >= 11 is 0. The monoisotopic (exact) mass is 507 g/mol. The summed E-state index contributed by atoms with van der Waals surface area (Å²) in [6.07, 6.45) is 0. The molecule has 39 heavy (non-hydrogen) atoms. The van der Waals surface area contributed by atoms with Gasteiger partial charge in [-0.25, -0.2) is 34.7 Å². The van der Waals surface area contributed by atoms with E-state index >= 15 is 0 Å². The summed E-state index contributed by atoms with van der Waals surface area (Å²) < 4.78 is 2.07. The average Bonchev–Trinajstić information content (AvgIpc) is 3.24. The van der Waals surface area contributed by atoms with E-state index in [9.17, 15) is 5.26 Å². The van der Waals surface area contributed by atoms with Crippen LogP contribution in [0, 0.1) is 45.6 Å². The molecule has 3 aromatic carbocycles. The van der Waals surface area contributed by atoms with E-state index in [2.05, 4.69) is 45.4 Å². The molecule has 0 atom stereocenters. The first-order valence-corrected chi connectivity index (χ1v) is 12.2. The van der Waals surface area contributed by atoms with E-state index in [4.69, 9.17) is 6.57 Å². The molecule has 6 rings (SSSR count). The van der Waals surface area contributed by atoms with Crippen LogP contribution in [0.25, 0.3) is 55.1 Å². The standard InChI is InChI=1S/C30H21N9/c1-16-33-17(2)36-29(35-16)21-7-11-26(25(13-21)30-37-18(3)34-19(4)38-30)39-27-12-20(15-31)6-9-23(27)24-10-8-22(32-5)14-28(24)39/h6-14H,1-4H3. The predicted molar refractivity (Wildman–Crippen MR) is 148 cm³/mol. The molecule has 0 N–H and O–H groups in total. The van der Waals surface area contributed by atoms with Crippen LogP contribution in [0.15, 0.2) is 54.6 Å². The number of hydrogen-bond donors (Lipinski definition) is 0. The number of fused-ring (bicyclic) bond motifs is 3. The molecule has 186 valence electrons. The molecular weight excluding hydrogens is 486 g/mol. The Morgan fingerprint density at radius 3 is 1.90 bits per heavy atom. The minimum absolute atomic E-state index is 0.507. The summed E-state index contributed by atoms with van der Waals surface area (Å²) in [6.45, 7) is 15.0. The van der Waals surface area contributed by atoms with Crippen molar-refractivity contribution in [2.24, 2.45) is 0 Å². The summed E-state index contributed by atoms with van der Waals surface area (Å²) in [5.74, 6) is 3.53. The number of nitrogens with zero attached hydrogens (tertiary/aromatic N) is 9. The van der Waals surface area contributed by atoms with E-state index in [1.165, 1.54) is 0 Å².